The van der Waals surface area contributed by atoms with Gasteiger partial charge in [0.2, 0.25) is 0 Å². The minimum absolute atomic E-state index is 0. The van der Waals surface area contributed by atoms with Gasteiger partial charge in [-0.25, -0.2) is 0 Å². The topological polar surface area (TPSA) is 312 Å². The van der Waals surface area contributed by atoms with Crippen LogP contribution >= 0.6 is 0 Å². The number of hydrogen-bond donors (Lipinski definition) is 0. The first-order chi connectivity index (χ1) is 0. The Balaban J connectivity index is 0. The van der Waals surface area contributed by atoms with Gasteiger partial charge in [-0.15, -0.1) is 0 Å². The van der Waals surface area contributed by atoms with E-state index < -0.39 is 0 Å². The molecule has 0 heterocycles. The molecule has 0 bridgehead atoms. The van der Waals surface area contributed by atoms with Gasteiger partial charge in [-0.1, -0.05) is 0 Å². The summed E-state index contributed by atoms with van der Waals surface area (Å²) < 4.78 is 0. The van der Waals surface area contributed by atoms with Crippen molar-refractivity contribution in [1.29, 1.82) is 0 Å². The quantitative estimate of drug-likeness (QED) is 0.388. The van der Waals surface area contributed by atoms with Crippen molar-refractivity contribution in [2.45, 2.75) is 0 Å². The summed E-state index contributed by atoms with van der Waals surface area (Å²) >= 11 is 0. The van der Waals surface area contributed by atoms with Crippen molar-refractivity contribution >= 4 is 48.9 Å². The third-order valence-electron chi connectivity index (χ3n) is 0. The molecule has 0 aromatic carbocycles. The predicted molar refractivity (Wildman–Crippen MR) is 38.5 cm³/mol. The molecular formula is H18BaNaO10+. The summed E-state index contributed by atoms with van der Waals surface area (Å²) in [6.45, 7) is 0. The zero-order valence-electron chi connectivity index (χ0n) is 6.60. The van der Waals surface area contributed by atoms with Gasteiger partial charge in [-0.3, -0.25) is 0 Å². The minimum Gasteiger partial charge on any atom is -0.870 e. The molecule has 12 heteroatoms. The van der Waals surface area contributed by atoms with Crippen molar-refractivity contribution in [3.63, 3.8) is 0 Å². The Kier molecular flexibility index (Phi) is 18000. The van der Waals surface area contributed by atoms with Crippen molar-refractivity contribution in [2.75, 3.05) is 0 Å². The standard InChI is InChI=1S/Ba.Na.10H2O/h;;10*1H2/q+2;+1;;;;;;;;;;/p-2. The Morgan fingerprint density at radius 1 is 0.333 bits per heavy atom. The fourth-order valence-electron chi connectivity index (χ4n) is 0. The SMILES string of the molecule is O.O.O.O.O.O.O.O.[Ba+2].[Na+].[OH-].[OH-]. The molecule has 0 radical (unpaired) electrons. The predicted octanol–water partition coefficient (Wildman–Crippen LogP) is -10.3. The second-order valence-corrected chi connectivity index (χ2v) is 0. The summed E-state index contributed by atoms with van der Waals surface area (Å²) in [5.74, 6) is 0. The van der Waals surface area contributed by atoms with Crippen LogP contribution in [0.3, 0.4) is 0 Å². The molecule has 0 amide bonds. The summed E-state index contributed by atoms with van der Waals surface area (Å²) in [5.41, 5.74) is 0. The Bertz CT molecular complexity index is 9.80. The third-order valence-corrected chi connectivity index (χ3v) is 0. The van der Waals surface area contributed by atoms with E-state index in [-0.39, 0.29) is 133 Å². The summed E-state index contributed by atoms with van der Waals surface area (Å²) in [5, 5.41) is 0. The maximum atomic E-state index is 0. The average molecular weight is 338 g/mol. The van der Waals surface area contributed by atoms with E-state index in [4.69, 9.17) is 0 Å². The summed E-state index contributed by atoms with van der Waals surface area (Å²) in [6.07, 6.45) is 0. The fraction of sp³-hybridized carbons (Fsp3) is 0. The van der Waals surface area contributed by atoms with Crippen molar-refractivity contribution in [2.24, 2.45) is 0 Å². The van der Waals surface area contributed by atoms with E-state index in [9.17, 15) is 0 Å². The molecule has 0 saturated carbocycles. The molecule has 0 unspecified atom stereocenters. The maximum absolute atomic E-state index is 0. The molecule has 80 valence electrons. The Hall–Kier alpha value is 2.17. The second-order valence-electron chi connectivity index (χ2n) is 0. The number of rotatable bonds is 0. The summed E-state index contributed by atoms with van der Waals surface area (Å²) in [7, 11) is 0. The molecule has 0 spiro atoms. The van der Waals surface area contributed by atoms with Crippen LogP contribution in [0.25, 0.3) is 0 Å². The molecule has 18 N–H and O–H groups in total. The molecular weight excluding hydrogens is 320 g/mol. The molecule has 0 aromatic heterocycles. The Morgan fingerprint density at radius 3 is 0.333 bits per heavy atom. The van der Waals surface area contributed by atoms with Crippen LogP contribution in [0.1, 0.15) is 0 Å². The minimum atomic E-state index is 0. The van der Waals surface area contributed by atoms with E-state index >= 15 is 0 Å². The van der Waals surface area contributed by atoms with Gasteiger partial charge in [-0.05, 0) is 0 Å². The van der Waals surface area contributed by atoms with Crippen molar-refractivity contribution in [3.8, 4) is 0 Å². The van der Waals surface area contributed by atoms with E-state index in [0.717, 1.165) is 0 Å². The third kappa shape index (κ3) is 322. The van der Waals surface area contributed by atoms with E-state index in [1.807, 2.05) is 0 Å². The van der Waals surface area contributed by atoms with Crippen molar-refractivity contribution in [1.82, 2.24) is 0 Å². The average Bonchev–Trinajstić information content (AvgIpc) is 0. The molecule has 0 rings (SSSR count). The van der Waals surface area contributed by atoms with Crippen LogP contribution in [0.5, 0.6) is 0 Å². The van der Waals surface area contributed by atoms with Gasteiger partial charge in [0.1, 0.15) is 0 Å². The molecule has 12 heavy (non-hydrogen) atoms. The molecule has 10 nitrogen and oxygen atoms in total. The van der Waals surface area contributed by atoms with Crippen LogP contribution in [0.15, 0.2) is 0 Å². The summed E-state index contributed by atoms with van der Waals surface area (Å²) in [4.78, 5) is 0. The van der Waals surface area contributed by atoms with Crippen molar-refractivity contribution in [3.05, 3.63) is 0 Å². The normalized spacial score (nSPS) is 0. The maximum Gasteiger partial charge on any atom is 2.00 e. The Labute approximate surface area is 131 Å². The van der Waals surface area contributed by atoms with Crippen molar-refractivity contribution < 1.29 is 84.3 Å². The van der Waals surface area contributed by atoms with Gasteiger partial charge in [-0.2, -0.15) is 0 Å². The largest absolute Gasteiger partial charge is 2.00 e. The van der Waals surface area contributed by atoms with E-state index in [2.05, 4.69) is 0 Å². The van der Waals surface area contributed by atoms with Gasteiger partial charge >= 0.3 is 78.4 Å². The van der Waals surface area contributed by atoms with Gasteiger partial charge in [0.25, 0.3) is 0 Å². The molecule has 0 aliphatic rings. The molecule has 0 aromatic rings. The summed E-state index contributed by atoms with van der Waals surface area (Å²) in [6, 6.07) is 0. The monoisotopic (exact) mass is 339 g/mol. The second kappa shape index (κ2) is 414. The van der Waals surface area contributed by atoms with Crippen LogP contribution in [0.4, 0.5) is 0 Å². The smallest absolute Gasteiger partial charge is 0.870 e. The molecule has 0 aliphatic heterocycles. The molecule has 0 aliphatic carbocycles. The van der Waals surface area contributed by atoms with Gasteiger partial charge in [0.05, 0.1) is 0 Å². The zero-order chi connectivity index (χ0) is 0. The van der Waals surface area contributed by atoms with Crippen LogP contribution in [-0.2, 0) is 0 Å². The van der Waals surface area contributed by atoms with Crippen LogP contribution in [0.2, 0.25) is 0 Å². The first-order valence-electron chi connectivity index (χ1n) is 0. The molecule has 0 saturated heterocycles. The Morgan fingerprint density at radius 2 is 0.333 bits per heavy atom. The molecule has 0 atom stereocenters. The first kappa shape index (κ1) is 521. The van der Waals surface area contributed by atoms with Crippen LogP contribution in [-0.4, -0.2) is 104 Å². The molecule has 0 fully saturated rings. The van der Waals surface area contributed by atoms with Gasteiger partial charge < -0.3 is 54.8 Å². The number of hydrogen-bond acceptors (Lipinski definition) is 2. The van der Waals surface area contributed by atoms with Crippen LogP contribution < -0.4 is 29.6 Å². The fourth-order valence-corrected chi connectivity index (χ4v) is 0. The van der Waals surface area contributed by atoms with E-state index in [0.29, 0.717) is 0 Å². The van der Waals surface area contributed by atoms with E-state index in [1.165, 1.54) is 0 Å². The van der Waals surface area contributed by atoms with E-state index in [1.54, 1.807) is 0 Å². The van der Waals surface area contributed by atoms with Crippen LogP contribution in [0, 0.1) is 0 Å². The van der Waals surface area contributed by atoms with Gasteiger partial charge in [0.15, 0.2) is 0 Å². The van der Waals surface area contributed by atoms with Gasteiger partial charge in [0, 0.05) is 0 Å². The first-order valence-corrected chi connectivity index (χ1v) is 0. The zero-order valence-corrected chi connectivity index (χ0v) is 13.0.